The van der Waals surface area contributed by atoms with Gasteiger partial charge >= 0.3 is 5.69 Å². The fourth-order valence-corrected chi connectivity index (χ4v) is 1.80. The summed E-state index contributed by atoms with van der Waals surface area (Å²) in [5.41, 5.74) is 4.27. The Balaban J connectivity index is 2.98. The van der Waals surface area contributed by atoms with Gasteiger partial charge in [0.2, 0.25) is 5.91 Å². The van der Waals surface area contributed by atoms with Crippen LogP contribution in [0.1, 0.15) is 13.8 Å². The Kier molecular flexibility index (Phi) is 5.51. The van der Waals surface area contributed by atoms with E-state index in [2.05, 4.69) is 5.32 Å². The Morgan fingerprint density at radius 3 is 2.70 bits per heavy atom. The molecule has 3 N–H and O–H groups in total. The number of methoxy groups -OCH3 is 1. The number of rotatable bonds is 6. The first kappa shape index (κ1) is 16.0. The molecule has 112 valence electrons. The van der Waals surface area contributed by atoms with Crippen LogP contribution in [0.5, 0.6) is 0 Å². The average Bonchev–Trinajstić information content (AvgIpc) is 2.39. The Morgan fingerprint density at radius 1 is 1.50 bits per heavy atom. The van der Waals surface area contributed by atoms with Gasteiger partial charge < -0.3 is 15.8 Å². The van der Waals surface area contributed by atoms with Crippen molar-refractivity contribution in [3.05, 3.63) is 27.0 Å². The molecule has 0 aliphatic rings. The van der Waals surface area contributed by atoms with Crippen LogP contribution in [0, 0.1) is 0 Å². The molecule has 8 heteroatoms. The number of aromatic nitrogens is 2. The molecule has 1 rings (SSSR count). The molecule has 1 amide bonds. The van der Waals surface area contributed by atoms with Crippen molar-refractivity contribution in [3.63, 3.8) is 0 Å². The van der Waals surface area contributed by atoms with Crippen molar-refractivity contribution in [1.82, 2.24) is 14.5 Å². The maximum absolute atomic E-state index is 12.0. The molecule has 1 heterocycles. The Morgan fingerprint density at radius 2 is 2.15 bits per heavy atom. The highest BCUT2D eigenvalue weighted by atomic mass is 16.5. The predicted octanol–water partition coefficient (Wildman–Crippen LogP) is -1.24. The maximum Gasteiger partial charge on any atom is 0.331 e. The Bertz CT molecular complexity index is 590. The summed E-state index contributed by atoms with van der Waals surface area (Å²) < 4.78 is 7.00. The maximum atomic E-state index is 12.0. The monoisotopic (exact) mass is 284 g/mol. The normalized spacial score (nSPS) is 12.2. The van der Waals surface area contributed by atoms with E-state index in [-0.39, 0.29) is 18.3 Å². The van der Waals surface area contributed by atoms with E-state index < -0.39 is 17.2 Å². The third kappa shape index (κ3) is 3.70. The van der Waals surface area contributed by atoms with Gasteiger partial charge in [0, 0.05) is 25.9 Å². The molecule has 0 bridgehead atoms. The Hall–Kier alpha value is -2.09. The molecule has 1 atom stereocenters. The van der Waals surface area contributed by atoms with E-state index in [9.17, 15) is 14.4 Å². The first-order valence-corrected chi connectivity index (χ1v) is 6.28. The van der Waals surface area contributed by atoms with Crippen LogP contribution in [0.4, 0.5) is 5.69 Å². The predicted molar refractivity (Wildman–Crippen MR) is 74.5 cm³/mol. The zero-order valence-corrected chi connectivity index (χ0v) is 11.9. The van der Waals surface area contributed by atoms with Crippen molar-refractivity contribution in [2.24, 2.45) is 0 Å². The molecule has 0 aromatic carbocycles. The third-order valence-electron chi connectivity index (χ3n) is 2.73. The van der Waals surface area contributed by atoms with E-state index >= 15 is 0 Å². The number of nitrogen functional groups attached to an aromatic ring is 1. The molecular weight excluding hydrogens is 264 g/mol. The molecule has 20 heavy (non-hydrogen) atoms. The average molecular weight is 284 g/mol. The van der Waals surface area contributed by atoms with E-state index in [4.69, 9.17) is 10.5 Å². The zero-order valence-electron chi connectivity index (χ0n) is 11.9. The third-order valence-corrected chi connectivity index (χ3v) is 2.73. The van der Waals surface area contributed by atoms with Gasteiger partial charge in [-0.1, -0.05) is 0 Å². The molecular formula is C12H20N4O4. The summed E-state index contributed by atoms with van der Waals surface area (Å²) in [5, 5.41) is 2.63. The molecule has 1 aromatic heterocycles. The summed E-state index contributed by atoms with van der Waals surface area (Å²) in [6, 6.07) is -0.210. The van der Waals surface area contributed by atoms with Crippen LogP contribution in [0.15, 0.2) is 15.8 Å². The van der Waals surface area contributed by atoms with Gasteiger partial charge in [0.25, 0.3) is 5.56 Å². The van der Waals surface area contributed by atoms with E-state index in [1.807, 2.05) is 0 Å². The molecule has 0 radical (unpaired) electrons. The molecule has 0 aliphatic heterocycles. The van der Waals surface area contributed by atoms with Crippen LogP contribution in [-0.4, -0.2) is 34.8 Å². The fraction of sp³-hybridized carbons (Fsp3) is 0.583. The van der Waals surface area contributed by atoms with Gasteiger partial charge in [0.15, 0.2) is 0 Å². The molecule has 0 aliphatic carbocycles. The smallest absolute Gasteiger partial charge is 0.331 e. The topological polar surface area (TPSA) is 108 Å². The molecule has 0 spiro atoms. The van der Waals surface area contributed by atoms with E-state index in [1.165, 1.54) is 17.9 Å². The second-order valence-corrected chi connectivity index (χ2v) is 4.47. The largest absolute Gasteiger partial charge is 0.393 e. The summed E-state index contributed by atoms with van der Waals surface area (Å²) in [4.78, 5) is 35.6. The van der Waals surface area contributed by atoms with Crippen LogP contribution in [-0.2, 0) is 22.6 Å². The van der Waals surface area contributed by atoms with Crippen molar-refractivity contribution in [2.45, 2.75) is 33.0 Å². The van der Waals surface area contributed by atoms with Gasteiger partial charge in [0.05, 0.1) is 6.61 Å². The number of carbonyl (C=O) groups excluding carboxylic acids is 1. The van der Waals surface area contributed by atoms with Crippen LogP contribution in [0.2, 0.25) is 0 Å². The summed E-state index contributed by atoms with van der Waals surface area (Å²) in [6.45, 7) is 3.85. The summed E-state index contributed by atoms with van der Waals surface area (Å²) in [7, 11) is 1.52. The number of hydrogen-bond acceptors (Lipinski definition) is 5. The van der Waals surface area contributed by atoms with Gasteiger partial charge in [-0.3, -0.25) is 14.2 Å². The highest BCUT2D eigenvalue weighted by molar-refractivity contribution is 5.76. The first-order valence-electron chi connectivity index (χ1n) is 6.28. The van der Waals surface area contributed by atoms with Crippen LogP contribution in [0.3, 0.4) is 0 Å². The number of nitrogens with one attached hydrogen (secondary N) is 1. The van der Waals surface area contributed by atoms with Crippen molar-refractivity contribution in [3.8, 4) is 0 Å². The fourth-order valence-electron chi connectivity index (χ4n) is 1.80. The highest BCUT2D eigenvalue weighted by Gasteiger charge is 2.13. The SMILES string of the molecule is CCn1cc(N)c(=O)n(CC(=O)NC(C)COC)c1=O. The Labute approximate surface area is 116 Å². The minimum Gasteiger partial charge on any atom is -0.393 e. The second-order valence-electron chi connectivity index (χ2n) is 4.47. The van der Waals surface area contributed by atoms with Gasteiger partial charge in [-0.25, -0.2) is 9.36 Å². The second kappa shape index (κ2) is 6.90. The highest BCUT2D eigenvalue weighted by Crippen LogP contribution is 1.90. The minimum absolute atomic E-state index is 0.0656. The number of nitrogens with two attached hydrogens (primary N) is 1. The molecule has 1 unspecified atom stereocenters. The molecule has 0 saturated heterocycles. The van der Waals surface area contributed by atoms with E-state index in [0.717, 1.165) is 4.57 Å². The minimum atomic E-state index is -0.658. The van der Waals surface area contributed by atoms with E-state index in [0.29, 0.717) is 13.2 Å². The van der Waals surface area contributed by atoms with Crippen LogP contribution < -0.4 is 22.3 Å². The first-order chi connectivity index (χ1) is 9.40. The van der Waals surface area contributed by atoms with Gasteiger partial charge in [-0.15, -0.1) is 0 Å². The molecule has 1 aromatic rings. The number of anilines is 1. The van der Waals surface area contributed by atoms with Crippen molar-refractivity contribution in [1.29, 1.82) is 0 Å². The summed E-state index contributed by atoms with van der Waals surface area (Å²) in [5.74, 6) is -0.443. The lowest BCUT2D eigenvalue weighted by molar-refractivity contribution is -0.122. The summed E-state index contributed by atoms with van der Waals surface area (Å²) >= 11 is 0. The molecule has 0 fully saturated rings. The molecule has 8 nitrogen and oxygen atoms in total. The summed E-state index contributed by atoms with van der Waals surface area (Å²) in [6.07, 6.45) is 1.28. The number of nitrogens with zero attached hydrogens (tertiary/aromatic N) is 2. The van der Waals surface area contributed by atoms with Crippen molar-refractivity contribution >= 4 is 11.6 Å². The van der Waals surface area contributed by atoms with Gasteiger partial charge in [-0.05, 0) is 13.8 Å². The lowest BCUT2D eigenvalue weighted by Crippen LogP contribution is -2.46. The van der Waals surface area contributed by atoms with Gasteiger partial charge in [-0.2, -0.15) is 0 Å². The standard InChI is InChI=1S/C12H20N4O4/c1-4-15-5-9(13)11(18)16(12(15)19)6-10(17)14-8(2)7-20-3/h5,8H,4,6-7,13H2,1-3H3,(H,14,17). The zero-order chi connectivity index (χ0) is 15.3. The number of hydrogen-bond donors (Lipinski definition) is 2. The van der Waals surface area contributed by atoms with E-state index in [1.54, 1.807) is 13.8 Å². The van der Waals surface area contributed by atoms with Crippen LogP contribution >= 0.6 is 0 Å². The lowest BCUT2D eigenvalue weighted by atomic mass is 10.3. The number of aryl methyl sites for hydroxylation is 1. The molecule has 0 saturated carbocycles. The number of ether oxygens (including phenoxy) is 1. The lowest BCUT2D eigenvalue weighted by Gasteiger charge is -2.14. The van der Waals surface area contributed by atoms with Crippen LogP contribution in [0.25, 0.3) is 0 Å². The van der Waals surface area contributed by atoms with Crippen molar-refractivity contribution in [2.75, 3.05) is 19.5 Å². The quantitative estimate of drug-likeness (QED) is 0.679. The van der Waals surface area contributed by atoms with Crippen molar-refractivity contribution < 1.29 is 9.53 Å². The van der Waals surface area contributed by atoms with Gasteiger partial charge in [0.1, 0.15) is 12.2 Å². The number of amides is 1. The number of carbonyl (C=O) groups is 1.